The number of rotatable bonds is 6. The molecule has 1 saturated heterocycles. The van der Waals surface area contributed by atoms with Crippen LogP contribution in [0.3, 0.4) is 0 Å². The first kappa shape index (κ1) is 16.1. The minimum Gasteiger partial charge on any atom is -0.481 e. The monoisotopic (exact) mass is 288 g/mol. The van der Waals surface area contributed by atoms with Crippen molar-refractivity contribution in [1.82, 2.24) is 10.2 Å². The summed E-state index contributed by atoms with van der Waals surface area (Å²) in [5, 5.41) is 11.9. The number of nitrogens with one attached hydrogen (secondary N) is 1. The number of urea groups is 1. The lowest BCUT2D eigenvalue weighted by Crippen LogP contribution is -2.45. The second kappa shape index (κ2) is 7.62. The molecular weight excluding hydrogens is 264 g/mol. The number of nitrogens with zero attached hydrogens (tertiary/aromatic N) is 1. The molecule has 2 amide bonds. The lowest BCUT2D eigenvalue weighted by atomic mass is 9.97. The van der Waals surface area contributed by atoms with Gasteiger partial charge in [-0.2, -0.15) is 11.8 Å². The Balaban J connectivity index is 2.40. The zero-order valence-electron chi connectivity index (χ0n) is 11.9. The third kappa shape index (κ3) is 5.30. The lowest BCUT2D eigenvalue weighted by Gasteiger charge is -2.25. The Hall–Kier alpha value is -0.910. The van der Waals surface area contributed by atoms with E-state index in [0.717, 1.165) is 17.9 Å². The summed E-state index contributed by atoms with van der Waals surface area (Å²) >= 11 is 1.85. The van der Waals surface area contributed by atoms with Gasteiger partial charge in [0.05, 0.1) is 5.92 Å². The molecule has 0 aromatic carbocycles. The van der Waals surface area contributed by atoms with Crippen LogP contribution in [-0.4, -0.2) is 53.1 Å². The zero-order valence-corrected chi connectivity index (χ0v) is 12.7. The summed E-state index contributed by atoms with van der Waals surface area (Å²) in [6.45, 7) is 4.18. The van der Waals surface area contributed by atoms with E-state index in [-0.39, 0.29) is 18.6 Å². The molecule has 1 aliphatic rings. The predicted molar refractivity (Wildman–Crippen MR) is 77.5 cm³/mol. The first-order valence-corrected chi connectivity index (χ1v) is 7.88. The molecule has 5 nitrogen and oxygen atoms in total. The molecule has 0 saturated carbocycles. The molecule has 0 aliphatic carbocycles. The number of amides is 2. The summed E-state index contributed by atoms with van der Waals surface area (Å²) in [7, 11) is 1.78. The molecule has 6 heteroatoms. The number of hydrogen-bond acceptors (Lipinski definition) is 3. The van der Waals surface area contributed by atoms with Crippen molar-refractivity contribution < 1.29 is 14.7 Å². The molecule has 0 aromatic heterocycles. The summed E-state index contributed by atoms with van der Waals surface area (Å²) in [5.41, 5.74) is 0. The molecule has 2 N–H and O–H groups in total. The van der Waals surface area contributed by atoms with Gasteiger partial charge >= 0.3 is 12.0 Å². The standard InChI is InChI=1S/C13H24N2O3S/c1-9(2)6-10(12(16)17)7-14-13(18)15(3)11-4-5-19-8-11/h9-11H,4-8H2,1-3H3,(H,14,18)(H,16,17). The SMILES string of the molecule is CC(C)CC(CNC(=O)N(C)C1CCSC1)C(=O)O. The lowest BCUT2D eigenvalue weighted by molar-refractivity contribution is -0.142. The Labute approximate surface area is 119 Å². The van der Waals surface area contributed by atoms with Crippen molar-refractivity contribution in [3.8, 4) is 0 Å². The minimum atomic E-state index is -0.840. The smallest absolute Gasteiger partial charge is 0.317 e. The van der Waals surface area contributed by atoms with E-state index in [1.807, 2.05) is 25.6 Å². The number of thioether (sulfide) groups is 1. The number of carboxylic acids is 1. The Bertz CT molecular complexity index is 317. The van der Waals surface area contributed by atoms with Crippen LogP contribution >= 0.6 is 11.8 Å². The van der Waals surface area contributed by atoms with E-state index in [4.69, 9.17) is 5.11 Å². The van der Waals surface area contributed by atoms with E-state index in [2.05, 4.69) is 5.32 Å². The van der Waals surface area contributed by atoms with Crippen molar-refractivity contribution in [2.45, 2.75) is 32.7 Å². The van der Waals surface area contributed by atoms with Crippen LogP contribution in [-0.2, 0) is 4.79 Å². The van der Waals surface area contributed by atoms with Gasteiger partial charge in [0.25, 0.3) is 0 Å². The van der Waals surface area contributed by atoms with E-state index < -0.39 is 11.9 Å². The molecule has 0 radical (unpaired) electrons. The number of hydrogen-bond donors (Lipinski definition) is 2. The van der Waals surface area contributed by atoms with E-state index in [1.165, 1.54) is 0 Å². The molecule has 1 rings (SSSR count). The van der Waals surface area contributed by atoms with Crippen LogP contribution in [0.1, 0.15) is 26.7 Å². The summed E-state index contributed by atoms with van der Waals surface area (Å²) in [4.78, 5) is 24.8. The number of aliphatic carboxylic acids is 1. The van der Waals surface area contributed by atoms with Crippen LogP contribution < -0.4 is 5.32 Å². The summed E-state index contributed by atoms with van der Waals surface area (Å²) < 4.78 is 0. The second-order valence-electron chi connectivity index (χ2n) is 5.48. The van der Waals surface area contributed by atoms with Gasteiger partial charge in [0.15, 0.2) is 0 Å². The highest BCUT2D eigenvalue weighted by Gasteiger charge is 2.25. The van der Waals surface area contributed by atoms with Crippen LogP contribution in [0.15, 0.2) is 0 Å². The topological polar surface area (TPSA) is 69.6 Å². The molecule has 0 bridgehead atoms. The predicted octanol–water partition coefficient (Wildman–Crippen LogP) is 1.88. The van der Waals surface area contributed by atoms with Crippen LogP contribution in [0.4, 0.5) is 4.79 Å². The van der Waals surface area contributed by atoms with E-state index in [0.29, 0.717) is 12.3 Å². The normalized spacial score (nSPS) is 20.3. The molecule has 1 heterocycles. The molecule has 1 fully saturated rings. The van der Waals surface area contributed by atoms with Crippen molar-refractivity contribution in [1.29, 1.82) is 0 Å². The number of carboxylic acid groups (broad SMARTS) is 1. The van der Waals surface area contributed by atoms with Gasteiger partial charge in [0.1, 0.15) is 0 Å². The maximum atomic E-state index is 12.0. The van der Waals surface area contributed by atoms with Gasteiger partial charge in [-0.15, -0.1) is 0 Å². The highest BCUT2D eigenvalue weighted by molar-refractivity contribution is 7.99. The fourth-order valence-corrected chi connectivity index (χ4v) is 3.44. The molecule has 110 valence electrons. The molecule has 2 atom stereocenters. The first-order chi connectivity index (χ1) is 8.91. The Morgan fingerprint density at radius 2 is 2.16 bits per heavy atom. The van der Waals surface area contributed by atoms with Crippen molar-refractivity contribution in [2.75, 3.05) is 25.1 Å². The average Bonchev–Trinajstić information content (AvgIpc) is 2.85. The zero-order chi connectivity index (χ0) is 14.4. The van der Waals surface area contributed by atoms with Crippen LogP contribution in [0.5, 0.6) is 0 Å². The quantitative estimate of drug-likeness (QED) is 0.783. The molecule has 2 unspecified atom stereocenters. The maximum Gasteiger partial charge on any atom is 0.317 e. The fourth-order valence-electron chi connectivity index (χ4n) is 2.17. The van der Waals surface area contributed by atoms with Gasteiger partial charge in [-0.05, 0) is 24.5 Å². The van der Waals surface area contributed by atoms with Crippen molar-refractivity contribution in [3.05, 3.63) is 0 Å². The third-order valence-electron chi connectivity index (χ3n) is 3.38. The molecular formula is C13H24N2O3S. The number of carbonyl (C=O) groups is 2. The van der Waals surface area contributed by atoms with Gasteiger partial charge in [0.2, 0.25) is 0 Å². The Morgan fingerprint density at radius 1 is 1.47 bits per heavy atom. The fraction of sp³-hybridized carbons (Fsp3) is 0.846. The van der Waals surface area contributed by atoms with Crippen molar-refractivity contribution >= 4 is 23.8 Å². The van der Waals surface area contributed by atoms with E-state index in [9.17, 15) is 9.59 Å². The van der Waals surface area contributed by atoms with Crippen molar-refractivity contribution in [3.63, 3.8) is 0 Å². The summed E-state index contributed by atoms with van der Waals surface area (Å²) in [6.07, 6.45) is 1.60. The van der Waals surface area contributed by atoms with E-state index >= 15 is 0 Å². The van der Waals surface area contributed by atoms with Gasteiger partial charge in [-0.3, -0.25) is 4.79 Å². The maximum absolute atomic E-state index is 12.0. The highest BCUT2D eigenvalue weighted by Crippen LogP contribution is 2.21. The largest absolute Gasteiger partial charge is 0.481 e. The van der Waals surface area contributed by atoms with Gasteiger partial charge < -0.3 is 15.3 Å². The number of carbonyl (C=O) groups excluding carboxylic acids is 1. The van der Waals surface area contributed by atoms with Crippen LogP contribution in [0.2, 0.25) is 0 Å². The first-order valence-electron chi connectivity index (χ1n) is 6.73. The van der Waals surface area contributed by atoms with Gasteiger partial charge in [-0.1, -0.05) is 13.8 Å². The Kier molecular flexibility index (Phi) is 6.48. The van der Waals surface area contributed by atoms with Gasteiger partial charge in [-0.25, -0.2) is 4.79 Å². The molecule has 0 aromatic rings. The highest BCUT2D eigenvalue weighted by atomic mass is 32.2. The summed E-state index contributed by atoms with van der Waals surface area (Å²) in [6, 6.07) is 0.112. The van der Waals surface area contributed by atoms with Crippen LogP contribution in [0.25, 0.3) is 0 Å². The molecule has 1 aliphatic heterocycles. The minimum absolute atomic E-state index is 0.164. The van der Waals surface area contributed by atoms with Crippen molar-refractivity contribution in [2.24, 2.45) is 11.8 Å². The average molecular weight is 288 g/mol. The Morgan fingerprint density at radius 3 is 2.63 bits per heavy atom. The molecule has 0 spiro atoms. The van der Waals surface area contributed by atoms with E-state index in [1.54, 1.807) is 11.9 Å². The third-order valence-corrected chi connectivity index (χ3v) is 4.52. The summed E-state index contributed by atoms with van der Waals surface area (Å²) in [5.74, 6) is 1.02. The second-order valence-corrected chi connectivity index (χ2v) is 6.63. The van der Waals surface area contributed by atoms with Crippen LogP contribution in [0, 0.1) is 11.8 Å². The van der Waals surface area contributed by atoms with Gasteiger partial charge in [0, 0.05) is 25.4 Å². The molecule has 19 heavy (non-hydrogen) atoms.